The Balaban J connectivity index is 2.15. The molecule has 4 nitrogen and oxygen atoms in total. The summed E-state index contributed by atoms with van der Waals surface area (Å²) in [6.45, 7) is 6.22. The number of imidazole rings is 1. The fraction of sp³-hybridized carbons (Fsp3) is 0.500. The second-order valence-corrected chi connectivity index (χ2v) is 4.48. The minimum absolute atomic E-state index is 0.663. The number of nitrogens with one attached hydrogen (secondary N) is 1. The molecule has 16 heavy (non-hydrogen) atoms. The van der Waals surface area contributed by atoms with Gasteiger partial charge in [-0.05, 0) is 18.5 Å². The van der Waals surface area contributed by atoms with E-state index in [4.69, 9.17) is 0 Å². The van der Waals surface area contributed by atoms with Crippen LogP contribution in [0, 0.1) is 5.92 Å². The lowest BCUT2D eigenvalue weighted by Gasteiger charge is -2.07. The van der Waals surface area contributed by atoms with Crippen molar-refractivity contribution in [2.75, 3.05) is 6.54 Å². The van der Waals surface area contributed by atoms with Crippen LogP contribution in [0.15, 0.2) is 18.5 Å². The third-order valence-electron chi connectivity index (χ3n) is 2.61. The van der Waals surface area contributed by atoms with E-state index in [1.54, 1.807) is 12.4 Å². The van der Waals surface area contributed by atoms with E-state index < -0.39 is 0 Å². The van der Waals surface area contributed by atoms with E-state index in [9.17, 15) is 0 Å². The highest BCUT2D eigenvalue weighted by molar-refractivity contribution is 5.74. The molecule has 2 aromatic rings. The fourth-order valence-corrected chi connectivity index (χ4v) is 1.73. The molecule has 0 amide bonds. The number of rotatable bonds is 4. The van der Waals surface area contributed by atoms with Crippen LogP contribution in [0.2, 0.25) is 0 Å². The van der Waals surface area contributed by atoms with Gasteiger partial charge in [-0.25, -0.2) is 4.98 Å². The molecule has 0 aliphatic rings. The van der Waals surface area contributed by atoms with Gasteiger partial charge < -0.3 is 9.88 Å². The molecule has 0 saturated heterocycles. The predicted octanol–water partition coefficient (Wildman–Crippen LogP) is 1.71. The van der Waals surface area contributed by atoms with E-state index in [-0.39, 0.29) is 0 Å². The summed E-state index contributed by atoms with van der Waals surface area (Å²) in [6, 6.07) is 1.99. The molecule has 1 N–H and O–H groups in total. The SMILES string of the molecule is CC(C)CNCc1nc2cnccc2n1C. The van der Waals surface area contributed by atoms with Crippen molar-refractivity contribution in [2.45, 2.75) is 20.4 Å². The van der Waals surface area contributed by atoms with Gasteiger partial charge in [-0.15, -0.1) is 0 Å². The molecule has 0 radical (unpaired) electrons. The van der Waals surface area contributed by atoms with Gasteiger partial charge in [-0.2, -0.15) is 0 Å². The normalized spacial score (nSPS) is 11.5. The Hall–Kier alpha value is -1.42. The molecule has 0 atom stereocenters. The number of fused-ring (bicyclic) bond motifs is 1. The minimum Gasteiger partial charge on any atom is -0.330 e. The molecular weight excluding hydrogens is 200 g/mol. The molecule has 86 valence electrons. The van der Waals surface area contributed by atoms with Crippen LogP contribution in [0.5, 0.6) is 0 Å². The molecule has 2 heterocycles. The van der Waals surface area contributed by atoms with E-state index in [0.717, 1.165) is 29.9 Å². The Bertz CT molecular complexity index is 473. The lowest BCUT2D eigenvalue weighted by molar-refractivity contribution is 0.538. The van der Waals surface area contributed by atoms with Gasteiger partial charge in [0.15, 0.2) is 0 Å². The number of hydrogen-bond acceptors (Lipinski definition) is 3. The molecule has 0 saturated carbocycles. The van der Waals surface area contributed by atoms with Crippen LogP contribution < -0.4 is 5.32 Å². The van der Waals surface area contributed by atoms with Crippen molar-refractivity contribution >= 4 is 11.0 Å². The van der Waals surface area contributed by atoms with Crippen LogP contribution >= 0.6 is 0 Å². The molecule has 2 rings (SSSR count). The Labute approximate surface area is 95.7 Å². The Kier molecular flexibility index (Phi) is 3.19. The van der Waals surface area contributed by atoms with Crippen LogP contribution in [-0.2, 0) is 13.6 Å². The van der Waals surface area contributed by atoms with Gasteiger partial charge in [0.2, 0.25) is 0 Å². The monoisotopic (exact) mass is 218 g/mol. The molecule has 0 aliphatic heterocycles. The molecule has 4 heteroatoms. The van der Waals surface area contributed by atoms with Crippen molar-refractivity contribution in [1.82, 2.24) is 19.9 Å². The van der Waals surface area contributed by atoms with Crippen LogP contribution in [-0.4, -0.2) is 21.1 Å². The molecular formula is C12H18N4. The first kappa shape index (κ1) is 11.1. The van der Waals surface area contributed by atoms with Crippen LogP contribution in [0.4, 0.5) is 0 Å². The third kappa shape index (κ3) is 2.22. The Morgan fingerprint density at radius 2 is 2.25 bits per heavy atom. The van der Waals surface area contributed by atoms with Gasteiger partial charge >= 0.3 is 0 Å². The molecule has 0 aliphatic carbocycles. The van der Waals surface area contributed by atoms with Gasteiger partial charge in [-0.3, -0.25) is 4.98 Å². The fourth-order valence-electron chi connectivity index (χ4n) is 1.73. The molecule has 0 bridgehead atoms. The van der Waals surface area contributed by atoms with Gasteiger partial charge in [0, 0.05) is 13.2 Å². The zero-order valence-electron chi connectivity index (χ0n) is 10.1. The average Bonchev–Trinajstić information content (AvgIpc) is 2.56. The smallest absolute Gasteiger partial charge is 0.123 e. The maximum absolute atomic E-state index is 4.55. The topological polar surface area (TPSA) is 42.7 Å². The van der Waals surface area contributed by atoms with Crippen molar-refractivity contribution in [3.05, 3.63) is 24.3 Å². The van der Waals surface area contributed by atoms with Crippen LogP contribution in [0.1, 0.15) is 19.7 Å². The molecule has 2 aromatic heterocycles. The summed E-state index contributed by atoms with van der Waals surface area (Å²) in [5.74, 6) is 1.72. The Morgan fingerprint density at radius 1 is 1.44 bits per heavy atom. The number of aryl methyl sites for hydroxylation is 1. The highest BCUT2D eigenvalue weighted by Crippen LogP contribution is 2.12. The van der Waals surface area contributed by atoms with Crippen molar-refractivity contribution in [1.29, 1.82) is 0 Å². The van der Waals surface area contributed by atoms with E-state index in [1.165, 1.54) is 0 Å². The Morgan fingerprint density at radius 3 is 2.94 bits per heavy atom. The maximum atomic E-state index is 4.55. The minimum atomic E-state index is 0.663. The first-order valence-corrected chi connectivity index (χ1v) is 5.64. The van der Waals surface area contributed by atoms with E-state index in [0.29, 0.717) is 5.92 Å². The summed E-state index contributed by atoms with van der Waals surface area (Å²) >= 11 is 0. The summed E-state index contributed by atoms with van der Waals surface area (Å²) < 4.78 is 2.12. The first-order chi connectivity index (χ1) is 7.68. The lowest BCUT2D eigenvalue weighted by atomic mass is 10.2. The summed E-state index contributed by atoms with van der Waals surface area (Å²) in [5.41, 5.74) is 2.10. The summed E-state index contributed by atoms with van der Waals surface area (Å²) in [5, 5.41) is 3.40. The van der Waals surface area contributed by atoms with Crippen LogP contribution in [0.3, 0.4) is 0 Å². The van der Waals surface area contributed by atoms with E-state index >= 15 is 0 Å². The summed E-state index contributed by atoms with van der Waals surface area (Å²) in [6.07, 6.45) is 3.61. The molecule has 0 spiro atoms. The maximum Gasteiger partial charge on any atom is 0.123 e. The molecule has 0 aromatic carbocycles. The highest BCUT2D eigenvalue weighted by Gasteiger charge is 2.06. The average molecular weight is 218 g/mol. The number of nitrogens with zero attached hydrogens (tertiary/aromatic N) is 3. The second kappa shape index (κ2) is 4.61. The summed E-state index contributed by atoms with van der Waals surface area (Å²) in [7, 11) is 2.04. The van der Waals surface area contributed by atoms with Gasteiger partial charge in [0.1, 0.15) is 11.3 Å². The molecule has 0 unspecified atom stereocenters. The van der Waals surface area contributed by atoms with E-state index in [2.05, 4.69) is 33.7 Å². The number of aromatic nitrogens is 3. The zero-order valence-corrected chi connectivity index (χ0v) is 10.1. The third-order valence-corrected chi connectivity index (χ3v) is 2.61. The number of pyridine rings is 1. The lowest BCUT2D eigenvalue weighted by Crippen LogP contribution is -2.20. The standard InChI is InChI=1S/C12H18N4/c1-9(2)6-14-8-12-15-10-7-13-5-4-11(10)16(12)3/h4-5,7,9,14H,6,8H2,1-3H3. The number of hydrogen-bond donors (Lipinski definition) is 1. The second-order valence-electron chi connectivity index (χ2n) is 4.48. The van der Waals surface area contributed by atoms with E-state index in [1.807, 2.05) is 13.1 Å². The van der Waals surface area contributed by atoms with Gasteiger partial charge in [0.25, 0.3) is 0 Å². The largest absolute Gasteiger partial charge is 0.330 e. The van der Waals surface area contributed by atoms with Crippen LogP contribution in [0.25, 0.3) is 11.0 Å². The van der Waals surface area contributed by atoms with Crippen molar-refractivity contribution in [3.8, 4) is 0 Å². The van der Waals surface area contributed by atoms with Gasteiger partial charge in [0.05, 0.1) is 18.3 Å². The summed E-state index contributed by atoms with van der Waals surface area (Å²) in [4.78, 5) is 8.63. The van der Waals surface area contributed by atoms with Crippen molar-refractivity contribution < 1.29 is 0 Å². The molecule has 0 fully saturated rings. The zero-order chi connectivity index (χ0) is 11.5. The van der Waals surface area contributed by atoms with Crippen molar-refractivity contribution in [3.63, 3.8) is 0 Å². The predicted molar refractivity (Wildman–Crippen MR) is 65.1 cm³/mol. The quantitative estimate of drug-likeness (QED) is 0.849. The van der Waals surface area contributed by atoms with Gasteiger partial charge in [-0.1, -0.05) is 13.8 Å². The van der Waals surface area contributed by atoms with Crippen molar-refractivity contribution in [2.24, 2.45) is 13.0 Å². The highest BCUT2D eigenvalue weighted by atomic mass is 15.1. The first-order valence-electron chi connectivity index (χ1n) is 5.64.